The van der Waals surface area contributed by atoms with Gasteiger partial charge in [0.15, 0.2) is 0 Å². The Labute approximate surface area is 151 Å². The van der Waals surface area contributed by atoms with E-state index < -0.39 is 0 Å². The van der Waals surface area contributed by atoms with Crippen molar-refractivity contribution in [2.24, 2.45) is 0 Å². The van der Waals surface area contributed by atoms with Gasteiger partial charge in [-0.15, -0.1) is 0 Å². The van der Waals surface area contributed by atoms with Gasteiger partial charge >= 0.3 is 0 Å². The Morgan fingerprint density at radius 2 is 1.73 bits per heavy atom. The van der Waals surface area contributed by atoms with Crippen molar-refractivity contribution in [3.05, 3.63) is 66.9 Å². The predicted molar refractivity (Wildman–Crippen MR) is 102 cm³/mol. The Hall–Kier alpha value is -2.88. The van der Waals surface area contributed by atoms with Gasteiger partial charge in [-0.3, -0.25) is 0 Å². The summed E-state index contributed by atoms with van der Waals surface area (Å²) >= 11 is 0. The maximum absolute atomic E-state index is 13.4. The van der Waals surface area contributed by atoms with Gasteiger partial charge in [-0.05, 0) is 48.2 Å². The largest absolute Gasteiger partial charge is 0.355 e. The van der Waals surface area contributed by atoms with E-state index >= 15 is 0 Å². The lowest BCUT2D eigenvalue weighted by Crippen LogP contribution is -2.04. The van der Waals surface area contributed by atoms with Crippen molar-refractivity contribution in [2.45, 2.75) is 31.7 Å². The van der Waals surface area contributed by atoms with E-state index in [-0.39, 0.29) is 5.82 Å². The summed E-state index contributed by atoms with van der Waals surface area (Å²) in [5.41, 5.74) is 5.41. The molecule has 0 spiro atoms. The maximum Gasteiger partial charge on any atom is 0.123 e. The van der Waals surface area contributed by atoms with E-state index in [4.69, 9.17) is 0 Å². The van der Waals surface area contributed by atoms with E-state index in [1.54, 1.807) is 12.1 Å². The summed E-state index contributed by atoms with van der Waals surface area (Å²) in [6, 6.07) is 15.9. The second kappa shape index (κ2) is 6.13. The van der Waals surface area contributed by atoms with Gasteiger partial charge in [-0.2, -0.15) is 0 Å². The summed E-state index contributed by atoms with van der Waals surface area (Å²) in [6.45, 7) is 0. The number of hydrogen-bond acceptors (Lipinski definition) is 1. The zero-order valence-corrected chi connectivity index (χ0v) is 14.5. The highest BCUT2D eigenvalue weighted by Gasteiger charge is 2.19. The van der Waals surface area contributed by atoms with Crippen molar-refractivity contribution in [3.63, 3.8) is 0 Å². The Morgan fingerprint density at radius 1 is 0.962 bits per heavy atom. The highest BCUT2D eigenvalue weighted by molar-refractivity contribution is 5.86. The first-order chi connectivity index (χ1) is 12.8. The molecule has 0 amide bonds. The first kappa shape index (κ1) is 15.4. The lowest BCUT2D eigenvalue weighted by Gasteiger charge is -2.15. The molecule has 0 aliphatic heterocycles. The van der Waals surface area contributed by atoms with Crippen LogP contribution in [0.3, 0.4) is 0 Å². The molecule has 1 fully saturated rings. The number of fused-ring (bicyclic) bond motifs is 1. The number of rotatable bonds is 3. The van der Waals surface area contributed by atoms with E-state index in [1.165, 1.54) is 43.0 Å². The van der Waals surface area contributed by atoms with Gasteiger partial charge in [-0.25, -0.2) is 9.37 Å². The van der Waals surface area contributed by atoms with E-state index in [9.17, 15) is 4.39 Å². The summed E-state index contributed by atoms with van der Waals surface area (Å²) < 4.78 is 15.7. The van der Waals surface area contributed by atoms with Gasteiger partial charge in [0.25, 0.3) is 0 Å². The van der Waals surface area contributed by atoms with Gasteiger partial charge in [0, 0.05) is 22.6 Å². The van der Waals surface area contributed by atoms with E-state index in [0.29, 0.717) is 6.04 Å². The number of nitrogens with one attached hydrogen (secondary N) is 1. The molecule has 0 atom stereocenters. The second-order valence-electron chi connectivity index (χ2n) is 7.12. The van der Waals surface area contributed by atoms with Gasteiger partial charge in [0.2, 0.25) is 0 Å². The molecule has 2 heterocycles. The summed E-state index contributed by atoms with van der Waals surface area (Å²) in [6.07, 6.45) is 9.02. The van der Waals surface area contributed by atoms with Crippen LogP contribution >= 0.6 is 0 Å². The number of aromatic nitrogens is 3. The van der Waals surface area contributed by atoms with Gasteiger partial charge < -0.3 is 9.55 Å². The van der Waals surface area contributed by atoms with Gasteiger partial charge in [0.05, 0.1) is 18.2 Å². The summed E-state index contributed by atoms with van der Waals surface area (Å²) in [5, 5.41) is 0.892. The van der Waals surface area contributed by atoms with Crippen LogP contribution in [0.4, 0.5) is 4.39 Å². The molecule has 130 valence electrons. The number of halogens is 1. The van der Waals surface area contributed by atoms with Crippen LogP contribution < -0.4 is 0 Å². The van der Waals surface area contributed by atoms with Gasteiger partial charge in [0.1, 0.15) is 5.82 Å². The molecule has 4 aromatic rings. The zero-order valence-electron chi connectivity index (χ0n) is 14.5. The molecule has 26 heavy (non-hydrogen) atoms. The van der Waals surface area contributed by atoms with Gasteiger partial charge in [-0.1, -0.05) is 37.1 Å². The van der Waals surface area contributed by atoms with Crippen LogP contribution in [0.5, 0.6) is 0 Å². The molecule has 2 aromatic heterocycles. The van der Waals surface area contributed by atoms with E-state index in [1.807, 2.05) is 18.6 Å². The molecule has 0 bridgehead atoms. The number of H-pyrrole nitrogens is 1. The van der Waals surface area contributed by atoms with Crippen LogP contribution in [-0.2, 0) is 0 Å². The predicted octanol–water partition coefficient (Wildman–Crippen LogP) is 5.95. The summed E-state index contributed by atoms with van der Waals surface area (Å²) in [4.78, 5) is 7.75. The normalized spacial score (nSPS) is 15.1. The monoisotopic (exact) mass is 345 g/mol. The fourth-order valence-electron chi connectivity index (χ4n) is 4.08. The van der Waals surface area contributed by atoms with Crippen molar-refractivity contribution in [2.75, 3.05) is 0 Å². The molecule has 0 unspecified atom stereocenters. The maximum atomic E-state index is 13.4. The Balaban J connectivity index is 1.48. The number of nitrogens with zero attached hydrogens (tertiary/aromatic N) is 2. The Morgan fingerprint density at radius 3 is 2.54 bits per heavy atom. The minimum Gasteiger partial charge on any atom is -0.355 e. The fraction of sp³-hybridized carbons (Fsp3) is 0.227. The average molecular weight is 345 g/mol. The van der Waals surface area contributed by atoms with E-state index in [0.717, 1.165) is 22.2 Å². The first-order valence-corrected chi connectivity index (χ1v) is 9.19. The number of imidazole rings is 1. The molecule has 0 saturated heterocycles. The smallest absolute Gasteiger partial charge is 0.123 e. The van der Waals surface area contributed by atoms with Crippen LogP contribution in [0.1, 0.15) is 31.7 Å². The zero-order chi connectivity index (χ0) is 17.5. The highest BCUT2D eigenvalue weighted by atomic mass is 19.1. The molecule has 1 N–H and O–H groups in total. The molecule has 3 nitrogen and oxygen atoms in total. The lowest BCUT2D eigenvalue weighted by molar-refractivity contribution is 0.523. The fourth-order valence-corrected chi connectivity index (χ4v) is 4.08. The van der Waals surface area contributed by atoms with Crippen LogP contribution in [0.2, 0.25) is 0 Å². The number of benzene rings is 2. The summed E-state index contributed by atoms with van der Waals surface area (Å²) in [5.74, 6) is -0.210. The SMILES string of the molecule is Fc1ccc2[nH]c(-c3ccc(-c4cncn4C4CCCC4)cc3)cc2c1. The third-order valence-electron chi connectivity index (χ3n) is 5.46. The molecule has 0 radical (unpaired) electrons. The standard InChI is InChI=1S/C22H20FN3/c23-18-9-10-20-17(11-18)12-21(25-20)15-5-7-16(8-6-15)22-13-24-14-26(22)19-3-1-2-4-19/h5-14,19,25H,1-4H2. The molecule has 1 aliphatic carbocycles. The third kappa shape index (κ3) is 2.62. The van der Waals surface area contributed by atoms with Crippen molar-refractivity contribution >= 4 is 10.9 Å². The molecule has 4 heteroatoms. The topological polar surface area (TPSA) is 33.6 Å². The Bertz CT molecular complexity index is 1050. The van der Waals surface area contributed by atoms with Crippen molar-refractivity contribution < 1.29 is 4.39 Å². The number of hydrogen-bond donors (Lipinski definition) is 1. The summed E-state index contributed by atoms with van der Waals surface area (Å²) in [7, 11) is 0. The third-order valence-corrected chi connectivity index (χ3v) is 5.46. The van der Waals surface area contributed by atoms with Crippen molar-refractivity contribution in [3.8, 4) is 22.5 Å². The highest BCUT2D eigenvalue weighted by Crippen LogP contribution is 2.34. The molecular weight excluding hydrogens is 325 g/mol. The average Bonchev–Trinajstić information content (AvgIpc) is 3.40. The minimum atomic E-state index is -0.210. The lowest BCUT2D eigenvalue weighted by atomic mass is 10.1. The van der Waals surface area contributed by atoms with Crippen LogP contribution in [0.25, 0.3) is 33.4 Å². The molecule has 2 aromatic carbocycles. The molecular formula is C22H20FN3. The Kier molecular flexibility index (Phi) is 3.63. The minimum absolute atomic E-state index is 0.210. The van der Waals surface area contributed by atoms with E-state index in [2.05, 4.69) is 38.8 Å². The quantitative estimate of drug-likeness (QED) is 0.489. The van der Waals surface area contributed by atoms with Crippen LogP contribution in [0.15, 0.2) is 61.1 Å². The molecule has 5 rings (SSSR count). The molecule has 1 aliphatic rings. The first-order valence-electron chi connectivity index (χ1n) is 9.19. The van der Waals surface area contributed by atoms with Crippen LogP contribution in [0, 0.1) is 5.82 Å². The van der Waals surface area contributed by atoms with Crippen molar-refractivity contribution in [1.29, 1.82) is 0 Å². The number of aromatic amines is 1. The van der Waals surface area contributed by atoms with Crippen molar-refractivity contribution in [1.82, 2.24) is 14.5 Å². The second-order valence-corrected chi connectivity index (χ2v) is 7.12. The van der Waals surface area contributed by atoms with Crippen LogP contribution in [-0.4, -0.2) is 14.5 Å². The molecule has 1 saturated carbocycles.